The molecular weight excluding hydrogens is 166 g/mol. The van der Waals surface area contributed by atoms with Crippen molar-refractivity contribution in [3.63, 3.8) is 0 Å². The molecule has 1 heterocycles. The van der Waals surface area contributed by atoms with E-state index in [1.165, 1.54) is 0 Å². The largest absolute Gasteiger partial charge is 0.343 e. The molecule has 1 aliphatic rings. The molecule has 13 heavy (non-hydrogen) atoms. The van der Waals surface area contributed by atoms with Gasteiger partial charge in [-0.3, -0.25) is 4.79 Å². The van der Waals surface area contributed by atoms with E-state index in [9.17, 15) is 4.79 Å². The third-order valence-corrected chi connectivity index (χ3v) is 2.14. The number of carbonyl (C=O) groups excluding carboxylic acids is 1. The normalized spacial score (nSPS) is 22.4. The summed E-state index contributed by atoms with van der Waals surface area (Å²) in [5.41, 5.74) is 0.928. The molecule has 0 radical (unpaired) electrons. The van der Waals surface area contributed by atoms with Gasteiger partial charge in [0.2, 0.25) is 0 Å². The minimum absolute atomic E-state index is 0.0335. The number of ether oxygens (including phenoxy) is 1. The second-order valence-corrected chi connectivity index (χ2v) is 3.12. The Morgan fingerprint density at radius 1 is 1.38 bits per heavy atom. The van der Waals surface area contributed by atoms with Crippen LogP contribution in [-0.2, 0) is 9.53 Å². The Labute approximate surface area is 76.9 Å². The predicted octanol–water partition coefficient (Wildman–Crippen LogP) is 1.17. The molecule has 0 aliphatic carbocycles. The van der Waals surface area contributed by atoms with Gasteiger partial charge in [-0.1, -0.05) is 30.3 Å². The molecule has 0 spiro atoms. The minimum atomic E-state index is -0.397. The monoisotopic (exact) mass is 177 g/mol. The maximum Gasteiger partial charge on any atom is 0.257 e. The topological polar surface area (TPSA) is 29.5 Å². The lowest BCUT2D eigenvalue weighted by Crippen LogP contribution is -2.21. The van der Waals surface area contributed by atoms with Gasteiger partial charge in [0.1, 0.15) is 6.73 Å². The molecule has 3 nitrogen and oxygen atoms in total. The van der Waals surface area contributed by atoms with Gasteiger partial charge in [-0.05, 0) is 5.56 Å². The number of rotatable bonds is 1. The molecule has 1 aromatic carbocycles. The highest BCUT2D eigenvalue weighted by molar-refractivity contribution is 5.83. The molecule has 3 heteroatoms. The molecule has 68 valence electrons. The summed E-state index contributed by atoms with van der Waals surface area (Å²) >= 11 is 0. The molecule has 1 aromatic rings. The standard InChI is InChI=1S/C10H11NO2/c1-11-7-13-9(10(11)12)8-5-3-2-4-6-8/h2-6,9H,7H2,1H3/t9-/m0/s1. The first-order chi connectivity index (χ1) is 6.29. The molecule has 1 atom stereocenters. The third kappa shape index (κ3) is 1.42. The minimum Gasteiger partial charge on any atom is -0.343 e. The van der Waals surface area contributed by atoms with Crippen molar-refractivity contribution in [1.29, 1.82) is 0 Å². The van der Waals surface area contributed by atoms with Gasteiger partial charge >= 0.3 is 0 Å². The lowest BCUT2D eigenvalue weighted by atomic mass is 10.1. The zero-order valence-electron chi connectivity index (χ0n) is 7.43. The highest BCUT2D eigenvalue weighted by Gasteiger charge is 2.30. The second-order valence-electron chi connectivity index (χ2n) is 3.12. The fourth-order valence-corrected chi connectivity index (χ4v) is 1.39. The Morgan fingerprint density at radius 2 is 2.08 bits per heavy atom. The SMILES string of the molecule is CN1CO[C@@H](c2ccccc2)C1=O. The van der Waals surface area contributed by atoms with E-state index in [2.05, 4.69) is 0 Å². The van der Waals surface area contributed by atoms with Gasteiger partial charge in [0.05, 0.1) is 0 Å². The van der Waals surface area contributed by atoms with E-state index in [1.807, 2.05) is 30.3 Å². The molecule has 1 amide bonds. The summed E-state index contributed by atoms with van der Waals surface area (Å²) in [6, 6.07) is 9.55. The Kier molecular flexibility index (Phi) is 2.02. The fraction of sp³-hybridized carbons (Fsp3) is 0.300. The van der Waals surface area contributed by atoms with E-state index >= 15 is 0 Å². The van der Waals surface area contributed by atoms with Crippen molar-refractivity contribution in [1.82, 2.24) is 4.90 Å². The van der Waals surface area contributed by atoms with Crippen molar-refractivity contribution >= 4 is 5.91 Å². The summed E-state index contributed by atoms with van der Waals surface area (Å²) in [6.45, 7) is 0.387. The van der Waals surface area contributed by atoms with E-state index in [-0.39, 0.29) is 5.91 Å². The van der Waals surface area contributed by atoms with Crippen LogP contribution in [-0.4, -0.2) is 24.6 Å². The number of hydrogen-bond donors (Lipinski definition) is 0. The quantitative estimate of drug-likeness (QED) is 0.644. The average Bonchev–Trinajstić information content (AvgIpc) is 2.49. The summed E-state index contributed by atoms with van der Waals surface area (Å²) in [6.07, 6.45) is -0.397. The van der Waals surface area contributed by atoms with Gasteiger partial charge in [0.25, 0.3) is 5.91 Å². The van der Waals surface area contributed by atoms with Crippen LogP contribution in [0.2, 0.25) is 0 Å². The Bertz CT molecular complexity index is 310. The zero-order valence-corrected chi connectivity index (χ0v) is 7.43. The molecule has 0 aromatic heterocycles. The number of nitrogens with zero attached hydrogens (tertiary/aromatic N) is 1. The lowest BCUT2D eigenvalue weighted by molar-refractivity contribution is -0.129. The number of hydrogen-bond acceptors (Lipinski definition) is 2. The van der Waals surface area contributed by atoms with Crippen LogP contribution in [0.5, 0.6) is 0 Å². The number of carbonyl (C=O) groups is 1. The van der Waals surface area contributed by atoms with Crippen molar-refractivity contribution in [2.45, 2.75) is 6.10 Å². The first-order valence-corrected chi connectivity index (χ1v) is 4.20. The van der Waals surface area contributed by atoms with Crippen LogP contribution in [0.15, 0.2) is 30.3 Å². The van der Waals surface area contributed by atoms with Gasteiger partial charge in [-0.15, -0.1) is 0 Å². The first-order valence-electron chi connectivity index (χ1n) is 4.20. The number of benzene rings is 1. The van der Waals surface area contributed by atoms with Crippen molar-refractivity contribution in [2.75, 3.05) is 13.8 Å². The molecular formula is C10H11NO2. The summed E-state index contributed by atoms with van der Waals surface area (Å²) in [4.78, 5) is 13.1. The predicted molar refractivity (Wildman–Crippen MR) is 47.9 cm³/mol. The van der Waals surface area contributed by atoms with Crippen molar-refractivity contribution in [3.05, 3.63) is 35.9 Å². The number of amides is 1. The van der Waals surface area contributed by atoms with Crippen molar-refractivity contribution in [3.8, 4) is 0 Å². The second kappa shape index (κ2) is 3.18. The fourth-order valence-electron chi connectivity index (χ4n) is 1.39. The van der Waals surface area contributed by atoms with Crippen LogP contribution in [0.25, 0.3) is 0 Å². The van der Waals surface area contributed by atoms with Gasteiger partial charge in [-0.2, -0.15) is 0 Å². The molecule has 2 rings (SSSR count). The molecule has 1 aliphatic heterocycles. The Hall–Kier alpha value is -1.35. The van der Waals surface area contributed by atoms with Gasteiger partial charge in [0, 0.05) is 7.05 Å². The van der Waals surface area contributed by atoms with Gasteiger partial charge < -0.3 is 9.64 Å². The van der Waals surface area contributed by atoms with E-state index in [1.54, 1.807) is 11.9 Å². The van der Waals surface area contributed by atoms with Crippen molar-refractivity contribution in [2.24, 2.45) is 0 Å². The molecule has 0 saturated carbocycles. The highest BCUT2D eigenvalue weighted by atomic mass is 16.5. The van der Waals surface area contributed by atoms with Crippen LogP contribution in [0.3, 0.4) is 0 Å². The van der Waals surface area contributed by atoms with Crippen molar-refractivity contribution < 1.29 is 9.53 Å². The molecule has 0 N–H and O–H groups in total. The van der Waals surface area contributed by atoms with Crippen LogP contribution < -0.4 is 0 Å². The molecule has 0 unspecified atom stereocenters. The van der Waals surface area contributed by atoms with Gasteiger partial charge in [0.15, 0.2) is 6.10 Å². The summed E-state index contributed by atoms with van der Waals surface area (Å²) < 4.78 is 5.34. The van der Waals surface area contributed by atoms with E-state index < -0.39 is 6.10 Å². The smallest absolute Gasteiger partial charge is 0.257 e. The average molecular weight is 177 g/mol. The molecule has 0 bridgehead atoms. The molecule has 1 saturated heterocycles. The van der Waals surface area contributed by atoms with Crippen LogP contribution >= 0.6 is 0 Å². The Balaban J connectivity index is 2.24. The maximum absolute atomic E-state index is 11.5. The third-order valence-electron chi connectivity index (χ3n) is 2.14. The number of likely N-dealkylation sites (N-methyl/N-ethyl adjacent to an activating group) is 1. The van der Waals surface area contributed by atoms with Crippen LogP contribution in [0, 0.1) is 0 Å². The van der Waals surface area contributed by atoms with E-state index in [0.717, 1.165) is 5.56 Å². The van der Waals surface area contributed by atoms with Gasteiger partial charge in [-0.25, -0.2) is 0 Å². The summed E-state index contributed by atoms with van der Waals surface area (Å²) in [7, 11) is 1.74. The summed E-state index contributed by atoms with van der Waals surface area (Å²) in [5, 5.41) is 0. The maximum atomic E-state index is 11.5. The zero-order chi connectivity index (χ0) is 9.26. The summed E-state index contributed by atoms with van der Waals surface area (Å²) in [5.74, 6) is 0.0335. The molecule has 1 fully saturated rings. The van der Waals surface area contributed by atoms with E-state index in [4.69, 9.17) is 4.74 Å². The van der Waals surface area contributed by atoms with E-state index in [0.29, 0.717) is 6.73 Å². The Morgan fingerprint density at radius 3 is 2.62 bits per heavy atom. The van der Waals surface area contributed by atoms with Crippen LogP contribution in [0.1, 0.15) is 11.7 Å². The lowest BCUT2D eigenvalue weighted by Gasteiger charge is -2.07. The van der Waals surface area contributed by atoms with Crippen LogP contribution in [0.4, 0.5) is 0 Å². The highest BCUT2D eigenvalue weighted by Crippen LogP contribution is 2.24. The first kappa shape index (κ1) is 8.26.